The van der Waals surface area contributed by atoms with Crippen molar-refractivity contribution in [3.8, 4) is 10.6 Å². The van der Waals surface area contributed by atoms with Crippen LogP contribution in [0.15, 0.2) is 30.6 Å². The fourth-order valence-corrected chi connectivity index (χ4v) is 4.61. The summed E-state index contributed by atoms with van der Waals surface area (Å²) in [5.74, 6) is 1.30. The third kappa shape index (κ3) is 5.13. The van der Waals surface area contributed by atoms with E-state index in [0.29, 0.717) is 17.8 Å². The third-order valence-corrected chi connectivity index (χ3v) is 6.29. The normalized spacial score (nSPS) is 14.0. The molecule has 1 aliphatic rings. The van der Waals surface area contributed by atoms with Gasteiger partial charge in [0.05, 0.1) is 28.1 Å². The largest absolute Gasteiger partial charge is 0.367 e. The van der Waals surface area contributed by atoms with Crippen LogP contribution < -0.4 is 15.5 Å². The van der Waals surface area contributed by atoms with Crippen molar-refractivity contribution in [2.75, 3.05) is 41.7 Å². The molecule has 4 rings (SSSR count). The van der Waals surface area contributed by atoms with Gasteiger partial charge in [-0.1, -0.05) is 11.3 Å². The minimum atomic E-state index is 0.130. The van der Waals surface area contributed by atoms with E-state index in [1.165, 1.54) is 0 Å². The highest BCUT2D eigenvalue weighted by Crippen LogP contribution is 2.32. The highest BCUT2D eigenvalue weighted by Gasteiger charge is 2.19. The topological polar surface area (TPSA) is 99.2 Å². The van der Waals surface area contributed by atoms with Crippen LogP contribution in [0.2, 0.25) is 0 Å². The summed E-state index contributed by atoms with van der Waals surface area (Å²) in [7, 11) is 0. The Balaban J connectivity index is 1.43. The Hall–Kier alpha value is -3.27. The summed E-state index contributed by atoms with van der Waals surface area (Å²) in [6.07, 6.45) is 3.58. The van der Waals surface area contributed by atoms with Gasteiger partial charge in [0.2, 0.25) is 11.9 Å². The number of piperazine rings is 1. The van der Waals surface area contributed by atoms with E-state index in [9.17, 15) is 4.79 Å². The molecule has 10 heteroatoms. The molecule has 1 saturated heterocycles. The number of hydrogen-bond donors (Lipinski definition) is 2. The molecule has 1 amide bonds. The van der Waals surface area contributed by atoms with Crippen LogP contribution in [0.25, 0.3) is 10.6 Å². The second-order valence-electron chi connectivity index (χ2n) is 8.02. The van der Waals surface area contributed by atoms with E-state index in [4.69, 9.17) is 0 Å². The van der Waals surface area contributed by atoms with Gasteiger partial charge >= 0.3 is 0 Å². The fraction of sp³-hybridized carbons (Fsp3) is 0.409. The molecule has 168 valence electrons. The summed E-state index contributed by atoms with van der Waals surface area (Å²) in [6, 6.07) is 6.16. The maximum Gasteiger partial charge on any atom is 0.228 e. The molecular weight excluding hydrogens is 424 g/mol. The van der Waals surface area contributed by atoms with E-state index < -0.39 is 0 Å². The SMILES string of the molecule is CC(=O)N1CCN(c2ccc(Nc3nccc(-c4sc(NC(C)C)nc4C)n3)nc2)CC1. The van der Waals surface area contributed by atoms with Crippen LogP contribution in [-0.4, -0.2) is 63.0 Å². The van der Waals surface area contributed by atoms with E-state index in [0.717, 1.165) is 53.3 Å². The number of aryl methyl sites for hydroxylation is 1. The van der Waals surface area contributed by atoms with Crippen molar-refractivity contribution < 1.29 is 4.79 Å². The molecule has 32 heavy (non-hydrogen) atoms. The smallest absolute Gasteiger partial charge is 0.228 e. The predicted molar refractivity (Wildman–Crippen MR) is 129 cm³/mol. The molecule has 3 aromatic rings. The first kappa shape index (κ1) is 21.9. The van der Waals surface area contributed by atoms with Crippen LogP contribution in [-0.2, 0) is 4.79 Å². The molecule has 0 spiro atoms. The Bertz CT molecular complexity index is 1070. The van der Waals surface area contributed by atoms with Crippen molar-refractivity contribution in [1.29, 1.82) is 0 Å². The van der Waals surface area contributed by atoms with Gasteiger partial charge in [0.15, 0.2) is 5.13 Å². The summed E-state index contributed by atoms with van der Waals surface area (Å²) in [5.41, 5.74) is 2.81. The van der Waals surface area contributed by atoms with E-state index >= 15 is 0 Å². The third-order valence-electron chi connectivity index (χ3n) is 5.17. The second kappa shape index (κ2) is 9.47. The van der Waals surface area contributed by atoms with Gasteiger partial charge in [-0.3, -0.25) is 4.79 Å². The van der Waals surface area contributed by atoms with Gasteiger partial charge in [-0.15, -0.1) is 0 Å². The first-order valence-corrected chi connectivity index (χ1v) is 11.5. The van der Waals surface area contributed by atoms with E-state index in [2.05, 4.69) is 49.3 Å². The molecule has 0 atom stereocenters. The van der Waals surface area contributed by atoms with Crippen LogP contribution in [0.5, 0.6) is 0 Å². The van der Waals surface area contributed by atoms with E-state index in [1.54, 1.807) is 24.5 Å². The number of anilines is 4. The van der Waals surface area contributed by atoms with Gasteiger partial charge < -0.3 is 20.4 Å². The van der Waals surface area contributed by atoms with E-state index in [-0.39, 0.29) is 5.91 Å². The quantitative estimate of drug-likeness (QED) is 0.586. The molecule has 0 bridgehead atoms. The Morgan fingerprint density at radius 3 is 2.53 bits per heavy atom. The van der Waals surface area contributed by atoms with Crippen molar-refractivity contribution in [3.63, 3.8) is 0 Å². The summed E-state index contributed by atoms with van der Waals surface area (Å²) in [5, 5.41) is 7.42. The lowest BCUT2D eigenvalue weighted by Gasteiger charge is -2.35. The number of pyridine rings is 1. The monoisotopic (exact) mass is 452 g/mol. The van der Waals surface area contributed by atoms with Gasteiger partial charge in [0.1, 0.15) is 5.82 Å². The number of thiazole rings is 1. The maximum absolute atomic E-state index is 11.5. The number of carbonyl (C=O) groups excluding carboxylic acids is 1. The van der Waals surface area contributed by atoms with Crippen LogP contribution >= 0.6 is 11.3 Å². The van der Waals surface area contributed by atoms with Gasteiger partial charge in [0, 0.05) is 45.3 Å². The van der Waals surface area contributed by atoms with E-state index in [1.807, 2.05) is 36.2 Å². The number of hydrogen-bond acceptors (Lipinski definition) is 9. The molecule has 0 saturated carbocycles. The maximum atomic E-state index is 11.5. The number of nitrogens with one attached hydrogen (secondary N) is 2. The zero-order chi connectivity index (χ0) is 22.7. The highest BCUT2D eigenvalue weighted by atomic mass is 32.1. The van der Waals surface area contributed by atoms with Crippen LogP contribution in [0, 0.1) is 6.92 Å². The molecule has 9 nitrogen and oxygen atoms in total. The second-order valence-corrected chi connectivity index (χ2v) is 9.02. The van der Waals surface area contributed by atoms with Gasteiger partial charge in [-0.25, -0.2) is 19.9 Å². The lowest BCUT2D eigenvalue weighted by Crippen LogP contribution is -2.48. The van der Waals surface area contributed by atoms with Crippen molar-refractivity contribution in [2.45, 2.75) is 33.7 Å². The Kier molecular flexibility index (Phi) is 6.50. The summed E-state index contributed by atoms with van der Waals surface area (Å²) >= 11 is 1.59. The van der Waals surface area contributed by atoms with Gasteiger partial charge in [0.25, 0.3) is 0 Å². The molecular formula is C22H28N8OS. The van der Waals surface area contributed by atoms with Crippen molar-refractivity contribution >= 4 is 39.8 Å². The van der Waals surface area contributed by atoms with Crippen molar-refractivity contribution in [1.82, 2.24) is 24.8 Å². The van der Waals surface area contributed by atoms with Crippen LogP contribution in [0.4, 0.5) is 22.6 Å². The lowest BCUT2D eigenvalue weighted by atomic mass is 10.2. The Morgan fingerprint density at radius 2 is 1.88 bits per heavy atom. The highest BCUT2D eigenvalue weighted by molar-refractivity contribution is 7.19. The number of carbonyl (C=O) groups is 1. The van der Waals surface area contributed by atoms with Gasteiger partial charge in [-0.2, -0.15) is 0 Å². The predicted octanol–water partition coefficient (Wildman–Crippen LogP) is 3.54. The molecule has 0 unspecified atom stereocenters. The molecule has 3 aromatic heterocycles. The number of rotatable bonds is 6. The molecule has 4 heterocycles. The zero-order valence-electron chi connectivity index (χ0n) is 18.8. The Labute approximate surface area is 191 Å². The van der Waals surface area contributed by atoms with Crippen molar-refractivity contribution in [3.05, 3.63) is 36.3 Å². The number of amides is 1. The minimum absolute atomic E-state index is 0.130. The molecule has 1 fully saturated rings. The average molecular weight is 453 g/mol. The summed E-state index contributed by atoms with van der Waals surface area (Å²) < 4.78 is 0. The van der Waals surface area contributed by atoms with Crippen LogP contribution in [0.1, 0.15) is 26.5 Å². The number of nitrogens with zero attached hydrogens (tertiary/aromatic N) is 6. The standard InChI is InChI=1S/C22H28N8OS/c1-14(2)25-22-26-15(3)20(32-22)18-7-8-23-21(27-18)28-19-6-5-17(13-24-19)30-11-9-29(10-12-30)16(4)31/h5-8,13-14H,9-12H2,1-4H3,(H,25,26)(H,23,24,27,28). The number of aromatic nitrogens is 4. The molecule has 0 aliphatic carbocycles. The first-order chi connectivity index (χ1) is 15.4. The van der Waals surface area contributed by atoms with Crippen LogP contribution in [0.3, 0.4) is 0 Å². The lowest BCUT2D eigenvalue weighted by molar-refractivity contribution is -0.129. The summed E-state index contributed by atoms with van der Waals surface area (Å²) in [6.45, 7) is 10.9. The van der Waals surface area contributed by atoms with Gasteiger partial charge in [-0.05, 0) is 39.0 Å². The molecule has 1 aliphatic heterocycles. The summed E-state index contributed by atoms with van der Waals surface area (Å²) in [4.78, 5) is 34.8. The molecule has 0 radical (unpaired) electrons. The molecule has 2 N–H and O–H groups in total. The fourth-order valence-electron chi connectivity index (χ4n) is 3.53. The minimum Gasteiger partial charge on any atom is -0.367 e. The Morgan fingerprint density at radius 1 is 1.09 bits per heavy atom. The molecule has 0 aromatic carbocycles. The first-order valence-electron chi connectivity index (χ1n) is 10.7. The zero-order valence-corrected chi connectivity index (χ0v) is 19.6. The average Bonchev–Trinajstić information content (AvgIpc) is 3.14. The van der Waals surface area contributed by atoms with Crippen molar-refractivity contribution in [2.24, 2.45) is 0 Å².